The van der Waals surface area contributed by atoms with Crippen LogP contribution in [-0.2, 0) is 0 Å². The van der Waals surface area contributed by atoms with Crippen molar-refractivity contribution in [3.63, 3.8) is 0 Å². The SMILES string of the molecule is COc1ccc(-c2cc(NC(=O)c3c4ccccc4nc4ccccc34)n(-c3ccccc3)n2)cc1. The van der Waals surface area contributed by atoms with Gasteiger partial charge in [-0.1, -0.05) is 54.6 Å². The van der Waals surface area contributed by atoms with Crippen LogP contribution in [0.25, 0.3) is 38.8 Å². The number of para-hydroxylation sites is 3. The predicted molar refractivity (Wildman–Crippen MR) is 143 cm³/mol. The Labute approximate surface area is 207 Å². The Kier molecular flexibility index (Phi) is 5.39. The minimum atomic E-state index is -0.219. The number of anilines is 1. The highest BCUT2D eigenvalue weighted by Gasteiger charge is 2.19. The van der Waals surface area contributed by atoms with Crippen molar-refractivity contribution < 1.29 is 9.53 Å². The van der Waals surface area contributed by atoms with Gasteiger partial charge in [0.2, 0.25) is 0 Å². The molecule has 1 amide bonds. The summed E-state index contributed by atoms with van der Waals surface area (Å²) >= 11 is 0. The molecule has 0 aliphatic heterocycles. The van der Waals surface area contributed by atoms with Gasteiger partial charge in [0.25, 0.3) is 5.91 Å². The van der Waals surface area contributed by atoms with E-state index in [2.05, 4.69) is 5.32 Å². The molecule has 0 unspecified atom stereocenters. The smallest absolute Gasteiger partial charge is 0.258 e. The minimum absolute atomic E-state index is 0.219. The molecule has 4 aromatic carbocycles. The van der Waals surface area contributed by atoms with E-state index in [9.17, 15) is 4.79 Å². The molecule has 1 N–H and O–H groups in total. The number of benzene rings is 4. The summed E-state index contributed by atoms with van der Waals surface area (Å²) in [5, 5.41) is 9.56. The summed E-state index contributed by atoms with van der Waals surface area (Å²) in [7, 11) is 1.64. The van der Waals surface area contributed by atoms with Gasteiger partial charge in [0, 0.05) is 22.4 Å². The van der Waals surface area contributed by atoms with Crippen molar-refractivity contribution >= 4 is 33.5 Å². The molecule has 0 aliphatic carbocycles. The number of fused-ring (bicyclic) bond motifs is 2. The fourth-order valence-corrected chi connectivity index (χ4v) is 4.40. The molecule has 174 valence electrons. The van der Waals surface area contributed by atoms with Crippen LogP contribution in [0.1, 0.15) is 10.4 Å². The zero-order chi connectivity index (χ0) is 24.5. The molecule has 2 aromatic heterocycles. The van der Waals surface area contributed by atoms with Crippen molar-refractivity contribution in [2.45, 2.75) is 0 Å². The van der Waals surface area contributed by atoms with Crippen molar-refractivity contribution in [3.05, 3.63) is 115 Å². The molecular weight excluding hydrogens is 448 g/mol. The lowest BCUT2D eigenvalue weighted by atomic mass is 10.0. The Morgan fingerprint density at radius 1 is 0.778 bits per heavy atom. The molecule has 0 saturated heterocycles. The molecule has 0 atom stereocenters. The molecule has 6 aromatic rings. The number of ether oxygens (including phenoxy) is 1. The number of nitrogens with zero attached hydrogens (tertiary/aromatic N) is 3. The van der Waals surface area contributed by atoms with E-state index in [4.69, 9.17) is 14.8 Å². The van der Waals surface area contributed by atoms with Gasteiger partial charge in [-0.2, -0.15) is 5.10 Å². The Morgan fingerprint density at radius 2 is 1.39 bits per heavy atom. The number of methoxy groups -OCH3 is 1. The summed E-state index contributed by atoms with van der Waals surface area (Å²) in [6, 6.07) is 34.7. The molecule has 2 heterocycles. The van der Waals surface area contributed by atoms with E-state index >= 15 is 0 Å². The van der Waals surface area contributed by atoms with Crippen molar-refractivity contribution in [2.75, 3.05) is 12.4 Å². The van der Waals surface area contributed by atoms with E-state index in [1.807, 2.05) is 109 Å². The van der Waals surface area contributed by atoms with Gasteiger partial charge >= 0.3 is 0 Å². The van der Waals surface area contributed by atoms with E-state index in [0.29, 0.717) is 11.4 Å². The lowest BCUT2D eigenvalue weighted by Gasteiger charge is -2.12. The van der Waals surface area contributed by atoms with Crippen LogP contribution in [-0.4, -0.2) is 27.8 Å². The summed E-state index contributed by atoms with van der Waals surface area (Å²) in [6.45, 7) is 0. The molecule has 0 radical (unpaired) electrons. The van der Waals surface area contributed by atoms with Crippen LogP contribution in [0.4, 0.5) is 5.82 Å². The molecule has 6 rings (SSSR count). The first kappa shape index (κ1) is 21.6. The number of nitrogens with one attached hydrogen (secondary N) is 1. The van der Waals surface area contributed by atoms with Gasteiger partial charge in [-0.05, 0) is 48.5 Å². The molecule has 0 aliphatic rings. The number of carbonyl (C=O) groups is 1. The van der Waals surface area contributed by atoms with E-state index in [1.54, 1.807) is 11.8 Å². The lowest BCUT2D eigenvalue weighted by Crippen LogP contribution is -2.16. The Bertz CT molecular complexity index is 1650. The van der Waals surface area contributed by atoms with Crippen LogP contribution < -0.4 is 10.1 Å². The highest BCUT2D eigenvalue weighted by Crippen LogP contribution is 2.30. The second-order valence-corrected chi connectivity index (χ2v) is 8.37. The number of amides is 1. The summed E-state index contributed by atoms with van der Waals surface area (Å²) in [5.41, 5.74) is 4.63. The molecule has 0 bridgehead atoms. The number of carbonyl (C=O) groups excluding carboxylic acids is 1. The van der Waals surface area contributed by atoms with E-state index < -0.39 is 0 Å². The molecule has 0 saturated carbocycles. The highest BCUT2D eigenvalue weighted by atomic mass is 16.5. The number of rotatable bonds is 5. The van der Waals surface area contributed by atoms with Gasteiger partial charge in [0.15, 0.2) is 0 Å². The molecule has 6 nitrogen and oxygen atoms in total. The monoisotopic (exact) mass is 470 g/mol. The van der Waals surface area contributed by atoms with E-state index in [1.165, 1.54) is 0 Å². The van der Waals surface area contributed by atoms with Crippen molar-refractivity contribution in [2.24, 2.45) is 0 Å². The third-order valence-corrected chi connectivity index (χ3v) is 6.15. The van der Waals surface area contributed by atoms with Crippen molar-refractivity contribution in [1.29, 1.82) is 0 Å². The van der Waals surface area contributed by atoms with Gasteiger partial charge in [-0.25, -0.2) is 9.67 Å². The van der Waals surface area contributed by atoms with Crippen LogP contribution >= 0.6 is 0 Å². The third-order valence-electron chi connectivity index (χ3n) is 6.15. The summed E-state index contributed by atoms with van der Waals surface area (Å²) < 4.78 is 7.04. The molecule has 0 fully saturated rings. The van der Waals surface area contributed by atoms with Gasteiger partial charge in [0.05, 0.1) is 35.1 Å². The quantitative estimate of drug-likeness (QED) is 0.292. The number of aromatic nitrogens is 3. The first-order chi connectivity index (χ1) is 17.7. The van der Waals surface area contributed by atoms with Gasteiger partial charge in [-0.15, -0.1) is 0 Å². The normalized spacial score (nSPS) is 11.0. The largest absolute Gasteiger partial charge is 0.497 e. The van der Waals surface area contributed by atoms with Gasteiger partial charge < -0.3 is 10.1 Å². The zero-order valence-corrected chi connectivity index (χ0v) is 19.6. The first-order valence-electron chi connectivity index (χ1n) is 11.6. The average Bonchev–Trinajstić information content (AvgIpc) is 3.35. The first-order valence-corrected chi connectivity index (χ1v) is 11.6. The van der Waals surface area contributed by atoms with Gasteiger partial charge in [0.1, 0.15) is 11.6 Å². The van der Waals surface area contributed by atoms with Crippen LogP contribution in [0.2, 0.25) is 0 Å². The van der Waals surface area contributed by atoms with Crippen LogP contribution in [0, 0.1) is 0 Å². The molecule has 36 heavy (non-hydrogen) atoms. The lowest BCUT2D eigenvalue weighted by molar-refractivity contribution is 0.102. The maximum Gasteiger partial charge on any atom is 0.258 e. The third kappa shape index (κ3) is 3.84. The maximum atomic E-state index is 13.9. The van der Waals surface area contributed by atoms with Crippen LogP contribution in [0.3, 0.4) is 0 Å². The number of pyridine rings is 1. The molecule has 0 spiro atoms. The fourth-order valence-electron chi connectivity index (χ4n) is 4.40. The number of hydrogen-bond acceptors (Lipinski definition) is 4. The molecule has 6 heteroatoms. The Morgan fingerprint density at radius 3 is 2.03 bits per heavy atom. The van der Waals surface area contributed by atoms with Crippen LogP contribution in [0.5, 0.6) is 5.75 Å². The fraction of sp³-hybridized carbons (Fsp3) is 0.0333. The molecular formula is C30H22N4O2. The Balaban J connectivity index is 1.48. The van der Waals surface area contributed by atoms with E-state index in [0.717, 1.165) is 44.5 Å². The highest BCUT2D eigenvalue weighted by molar-refractivity contribution is 6.20. The number of hydrogen-bond donors (Lipinski definition) is 1. The standard InChI is InChI=1S/C30H22N4O2/c1-36-22-17-15-20(16-18-22)27-19-28(34(33-27)21-9-3-2-4-10-21)32-30(35)29-23-11-5-7-13-25(23)31-26-14-8-6-12-24(26)29/h2-19H,1H3,(H,32,35). The second kappa shape index (κ2) is 9.00. The Hall–Kier alpha value is -4.97. The maximum absolute atomic E-state index is 13.9. The summed E-state index contributed by atoms with van der Waals surface area (Å²) in [4.78, 5) is 18.6. The average molecular weight is 471 g/mol. The zero-order valence-electron chi connectivity index (χ0n) is 19.6. The topological polar surface area (TPSA) is 69.0 Å². The predicted octanol–water partition coefficient (Wildman–Crippen LogP) is 6.50. The van der Waals surface area contributed by atoms with Crippen molar-refractivity contribution in [3.8, 4) is 22.7 Å². The van der Waals surface area contributed by atoms with Crippen molar-refractivity contribution in [1.82, 2.24) is 14.8 Å². The van der Waals surface area contributed by atoms with E-state index in [-0.39, 0.29) is 5.91 Å². The summed E-state index contributed by atoms with van der Waals surface area (Å²) in [5.74, 6) is 1.12. The minimum Gasteiger partial charge on any atom is -0.497 e. The van der Waals surface area contributed by atoms with Gasteiger partial charge in [-0.3, -0.25) is 4.79 Å². The summed E-state index contributed by atoms with van der Waals surface area (Å²) in [6.07, 6.45) is 0. The van der Waals surface area contributed by atoms with Crippen LogP contribution in [0.15, 0.2) is 109 Å². The second-order valence-electron chi connectivity index (χ2n) is 8.37.